The highest BCUT2D eigenvalue weighted by Crippen LogP contribution is 2.45. The van der Waals surface area contributed by atoms with E-state index in [2.05, 4.69) is 0 Å². The first-order chi connectivity index (χ1) is 6.95. The van der Waals surface area contributed by atoms with E-state index in [4.69, 9.17) is 10.5 Å². The summed E-state index contributed by atoms with van der Waals surface area (Å²) < 4.78 is 43.0. The molecule has 90 valence electrons. The Kier molecular flexibility index (Phi) is 4.00. The van der Waals surface area contributed by atoms with E-state index in [1.165, 1.54) is 0 Å². The van der Waals surface area contributed by atoms with E-state index in [1.54, 1.807) is 0 Å². The van der Waals surface area contributed by atoms with E-state index >= 15 is 0 Å². The average Bonchev–Trinajstić information content (AvgIpc) is 2.18. The Balaban J connectivity index is 2.59. The number of hydrogen-bond acceptors (Lipinski definition) is 2. The lowest BCUT2D eigenvalue weighted by molar-refractivity contribution is -0.281. The quantitative estimate of drug-likeness (QED) is 0.800. The molecule has 0 saturated heterocycles. The summed E-state index contributed by atoms with van der Waals surface area (Å²) in [5.41, 5.74) is 3.49. The minimum absolute atomic E-state index is 0.0671. The van der Waals surface area contributed by atoms with Crippen molar-refractivity contribution >= 4 is 0 Å². The molecule has 0 aromatic carbocycles. The molecule has 15 heavy (non-hydrogen) atoms. The number of rotatable bonds is 3. The van der Waals surface area contributed by atoms with Gasteiger partial charge in [0, 0.05) is 7.11 Å². The van der Waals surface area contributed by atoms with Crippen LogP contribution in [0.3, 0.4) is 0 Å². The van der Waals surface area contributed by atoms with Crippen molar-refractivity contribution in [1.82, 2.24) is 0 Å². The molecule has 2 N–H and O–H groups in total. The minimum Gasteiger partial charge on any atom is -0.369 e. The SMILES string of the molecule is COC1(C(F)(F)F)CCC(CCN)CC1. The van der Waals surface area contributed by atoms with E-state index in [-0.39, 0.29) is 12.8 Å². The van der Waals surface area contributed by atoms with Gasteiger partial charge in [-0.3, -0.25) is 0 Å². The molecule has 0 heterocycles. The molecule has 2 nitrogen and oxygen atoms in total. The van der Waals surface area contributed by atoms with Crippen molar-refractivity contribution in [3.63, 3.8) is 0 Å². The topological polar surface area (TPSA) is 35.2 Å². The third-order valence-electron chi connectivity index (χ3n) is 3.40. The Morgan fingerprint density at radius 2 is 1.87 bits per heavy atom. The molecule has 1 aliphatic rings. The molecule has 0 radical (unpaired) electrons. The Hall–Kier alpha value is -0.290. The number of nitrogens with two attached hydrogens (primary N) is 1. The Morgan fingerprint density at radius 3 is 2.20 bits per heavy atom. The van der Waals surface area contributed by atoms with Gasteiger partial charge in [0.05, 0.1) is 0 Å². The van der Waals surface area contributed by atoms with Gasteiger partial charge in [0.15, 0.2) is 5.60 Å². The van der Waals surface area contributed by atoms with Gasteiger partial charge >= 0.3 is 6.18 Å². The van der Waals surface area contributed by atoms with Crippen molar-refractivity contribution in [2.45, 2.75) is 43.9 Å². The van der Waals surface area contributed by atoms with E-state index in [0.717, 1.165) is 13.5 Å². The summed E-state index contributed by atoms with van der Waals surface area (Å²) in [5.74, 6) is 0.334. The summed E-state index contributed by atoms with van der Waals surface area (Å²) in [6, 6.07) is 0. The van der Waals surface area contributed by atoms with Crippen LogP contribution in [0.25, 0.3) is 0 Å². The zero-order valence-electron chi connectivity index (χ0n) is 8.94. The van der Waals surface area contributed by atoms with Gasteiger partial charge in [-0.15, -0.1) is 0 Å². The van der Waals surface area contributed by atoms with E-state index in [9.17, 15) is 13.2 Å². The van der Waals surface area contributed by atoms with Crippen molar-refractivity contribution in [2.24, 2.45) is 11.7 Å². The molecule has 1 fully saturated rings. The maximum Gasteiger partial charge on any atom is 0.417 e. The maximum atomic E-state index is 12.8. The van der Waals surface area contributed by atoms with Crippen LogP contribution in [0.15, 0.2) is 0 Å². The van der Waals surface area contributed by atoms with E-state index < -0.39 is 11.8 Å². The summed E-state index contributed by atoms with van der Waals surface area (Å²) >= 11 is 0. The highest BCUT2D eigenvalue weighted by Gasteiger charge is 2.56. The zero-order chi connectivity index (χ0) is 11.5. The van der Waals surface area contributed by atoms with Crippen LogP contribution >= 0.6 is 0 Å². The van der Waals surface area contributed by atoms with Crippen molar-refractivity contribution in [3.05, 3.63) is 0 Å². The maximum absolute atomic E-state index is 12.8. The molecule has 0 aliphatic heterocycles. The van der Waals surface area contributed by atoms with Crippen LogP contribution in [0.5, 0.6) is 0 Å². The number of ether oxygens (including phenoxy) is 1. The number of halogens is 3. The average molecular weight is 225 g/mol. The zero-order valence-corrected chi connectivity index (χ0v) is 8.94. The second-order valence-corrected chi connectivity index (χ2v) is 4.22. The smallest absolute Gasteiger partial charge is 0.369 e. The number of hydrogen-bond donors (Lipinski definition) is 1. The van der Waals surface area contributed by atoms with Crippen LogP contribution in [0.2, 0.25) is 0 Å². The second-order valence-electron chi connectivity index (χ2n) is 4.22. The van der Waals surface area contributed by atoms with Crippen molar-refractivity contribution in [2.75, 3.05) is 13.7 Å². The Morgan fingerprint density at radius 1 is 1.33 bits per heavy atom. The third-order valence-corrected chi connectivity index (χ3v) is 3.40. The molecule has 0 atom stereocenters. The largest absolute Gasteiger partial charge is 0.417 e. The molecule has 0 unspecified atom stereocenters. The minimum atomic E-state index is -4.25. The first-order valence-corrected chi connectivity index (χ1v) is 5.27. The highest BCUT2D eigenvalue weighted by atomic mass is 19.4. The lowest BCUT2D eigenvalue weighted by Crippen LogP contribution is -2.49. The monoisotopic (exact) mass is 225 g/mol. The van der Waals surface area contributed by atoms with Crippen LogP contribution in [0.1, 0.15) is 32.1 Å². The highest BCUT2D eigenvalue weighted by molar-refractivity contribution is 4.93. The summed E-state index contributed by atoms with van der Waals surface area (Å²) in [7, 11) is 1.15. The first-order valence-electron chi connectivity index (χ1n) is 5.27. The molecule has 0 bridgehead atoms. The summed E-state index contributed by atoms with van der Waals surface area (Å²) in [6.07, 6.45) is -2.18. The Bertz CT molecular complexity index is 197. The molecule has 0 spiro atoms. The van der Waals surface area contributed by atoms with Gasteiger partial charge in [0.1, 0.15) is 0 Å². The van der Waals surface area contributed by atoms with Crippen molar-refractivity contribution in [1.29, 1.82) is 0 Å². The van der Waals surface area contributed by atoms with Gasteiger partial charge in [-0.05, 0) is 44.6 Å². The lowest BCUT2D eigenvalue weighted by Gasteiger charge is -2.40. The molecule has 1 saturated carbocycles. The summed E-state index contributed by atoms with van der Waals surface area (Å²) in [4.78, 5) is 0. The van der Waals surface area contributed by atoms with E-state index in [1.807, 2.05) is 0 Å². The van der Waals surface area contributed by atoms with Crippen LogP contribution in [0.4, 0.5) is 13.2 Å². The van der Waals surface area contributed by atoms with Gasteiger partial charge in [-0.2, -0.15) is 13.2 Å². The van der Waals surface area contributed by atoms with Gasteiger partial charge in [-0.25, -0.2) is 0 Å². The van der Waals surface area contributed by atoms with Crippen LogP contribution < -0.4 is 5.73 Å². The molecule has 1 rings (SSSR count). The first kappa shape index (κ1) is 12.8. The standard InChI is InChI=1S/C10H18F3NO/c1-15-9(10(11,12)13)5-2-8(3-6-9)4-7-14/h8H,2-7,14H2,1H3. The fraction of sp³-hybridized carbons (Fsp3) is 1.00. The van der Waals surface area contributed by atoms with Gasteiger partial charge in [0.2, 0.25) is 0 Å². The molecule has 1 aliphatic carbocycles. The fourth-order valence-electron chi connectivity index (χ4n) is 2.27. The second kappa shape index (κ2) is 4.70. The molecule has 5 heteroatoms. The number of methoxy groups -OCH3 is 1. The van der Waals surface area contributed by atoms with Crippen LogP contribution in [-0.2, 0) is 4.74 Å². The summed E-state index contributed by atoms with van der Waals surface area (Å²) in [6.45, 7) is 0.552. The van der Waals surface area contributed by atoms with Crippen molar-refractivity contribution < 1.29 is 17.9 Å². The van der Waals surface area contributed by atoms with Crippen LogP contribution in [0, 0.1) is 5.92 Å². The predicted octanol–water partition coefficient (Wildman–Crippen LogP) is 2.47. The third kappa shape index (κ3) is 2.64. The van der Waals surface area contributed by atoms with Crippen molar-refractivity contribution in [3.8, 4) is 0 Å². The normalized spacial score (nSPS) is 33.0. The molecule has 0 aromatic heterocycles. The number of alkyl halides is 3. The Labute approximate surface area is 88.0 Å². The van der Waals surface area contributed by atoms with E-state index in [0.29, 0.717) is 25.3 Å². The van der Waals surface area contributed by atoms with Gasteiger partial charge in [0.25, 0.3) is 0 Å². The van der Waals surface area contributed by atoms with Crippen LogP contribution in [-0.4, -0.2) is 25.4 Å². The summed E-state index contributed by atoms with van der Waals surface area (Å²) in [5, 5.41) is 0. The lowest BCUT2D eigenvalue weighted by atomic mass is 9.77. The molecule has 0 aromatic rings. The molecule has 0 amide bonds. The predicted molar refractivity (Wildman–Crippen MR) is 51.4 cm³/mol. The van der Waals surface area contributed by atoms with Gasteiger partial charge in [-0.1, -0.05) is 0 Å². The fourth-order valence-corrected chi connectivity index (χ4v) is 2.27. The molecular formula is C10H18F3NO. The molecular weight excluding hydrogens is 207 g/mol. The van der Waals surface area contributed by atoms with Gasteiger partial charge < -0.3 is 10.5 Å².